The number of rotatable bonds is 9. The predicted octanol–water partition coefficient (Wildman–Crippen LogP) is 17.9. The van der Waals surface area contributed by atoms with Crippen molar-refractivity contribution in [2.24, 2.45) is 5.92 Å². The van der Waals surface area contributed by atoms with E-state index in [9.17, 15) is 0 Å². The molecule has 7 heteroatoms. The SMILES string of the molecule is CC(C)(C)c1ccc(-n2c(-c3[c-]ccc4c3oc3nc(C5CCCCC5)ccc34)nc3ccc4ccccc4c32)c(-c2ccccc2)c1.CC(C)Cc1cc(-c2[c-]ccc(-c3ccccc3)c2)nc[c]1[Ge]([CH3])([CH3])[CH3].[Ir]. The van der Waals surface area contributed by atoms with Crippen LogP contribution in [0.5, 0.6) is 0 Å². The quantitative estimate of drug-likeness (QED) is 0.107. The zero-order valence-corrected chi connectivity index (χ0v) is 49.1. The van der Waals surface area contributed by atoms with Gasteiger partial charge in [0.1, 0.15) is 0 Å². The Kier molecular flexibility index (Phi) is 15.0. The van der Waals surface area contributed by atoms with Crippen LogP contribution in [0.1, 0.15) is 89.5 Å². The first-order chi connectivity index (χ1) is 35.8. The normalized spacial score (nSPS) is 13.3. The fraction of sp³-hybridized carbons (Fsp3) is 0.250. The van der Waals surface area contributed by atoms with Gasteiger partial charge in [-0.15, -0.1) is 18.2 Å². The standard InChI is InChI=1S/C44H38N3O.C24H28GeN.Ir/c1-44(2,3)31-22-26-39(36(27-31)28-13-6-4-7-14-28)47-40-32-18-11-10-15-29(32)21-24-38(40)45-42(47)35-20-12-19-33-34-23-25-37(30-16-8-5-9-17-30)46-43(34)48-41(33)35;1-18(2)14-22-16-24(26-17-23(22)25(3,4)5)21-13-9-12-20(15-21)19-10-7-6-8-11-19;/h4,6-7,10-15,18-19,21-27,30H,5,8-9,16-17H2,1-3H3;6-12,15-18H,14H2,1-5H3;/q2*-1;. The molecule has 1 aliphatic carbocycles. The largest absolute Gasteiger partial charge is 0 e. The molecule has 0 saturated heterocycles. The van der Waals surface area contributed by atoms with Crippen LogP contribution in [0, 0.1) is 18.1 Å². The molecule has 379 valence electrons. The maximum absolute atomic E-state index is 6.73. The Morgan fingerprint density at radius 3 is 2.13 bits per heavy atom. The number of nitrogens with zero attached hydrogens (tertiary/aromatic N) is 4. The van der Waals surface area contributed by atoms with E-state index in [1.54, 1.807) is 0 Å². The van der Waals surface area contributed by atoms with Crippen LogP contribution in [-0.4, -0.2) is 32.8 Å². The summed E-state index contributed by atoms with van der Waals surface area (Å²) in [5.74, 6) is 9.30. The van der Waals surface area contributed by atoms with Gasteiger partial charge in [-0.2, -0.15) is 0 Å². The van der Waals surface area contributed by atoms with Crippen LogP contribution in [0.2, 0.25) is 17.3 Å². The van der Waals surface area contributed by atoms with Gasteiger partial charge in [0.25, 0.3) is 0 Å². The van der Waals surface area contributed by atoms with Gasteiger partial charge in [-0.25, -0.2) is 4.98 Å². The second-order valence-electron chi connectivity index (χ2n) is 22.8. The van der Waals surface area contributed by atoms with E-state index in [1.807, 2.05) is 12.1 Å². The van der Waals surface area contributed by atoms with Crippen molar-refractivity contribution in [1.29, 1.82) is 0 Å². The van der Waals surface area contributed by atoms with Crippen molar-refractivity contribution in [2.75, 3.05) is 0 Å². The van der Waals surface area contributed by atoms with Gasteiger partial charge in [0.05, 0.1) is 22.4 Å². The Labute approximate surface area is 459 Å². The average Bonchev–Trinajstić information content (AvgIpc) is 4.00. The molecule has 1 radical (unpaired) electrons. The minimum atomic E-state index is -1.93. The van der Waals surface area contributed by atoms with E-state index in [0.717, 1.165) is 84.3 Å². The molecule has 0 aliphatic heterocycles. The van der Waals surface area contributed by atoms with E-state index in [-0.39, 0.29) is 25.5 Å². The minimum absolute atomic E-state index is 0. The van der Waals surface area contributed by atoms with Crippen molar-refractivity contribution in [2.45, 2.75) is 102 Å². The molecule has 1 fully saturated rings. The summed E-state index contributed by atoms with van der Waals surface area (Å²) in [5, 5.41) is 4.41. The van der Waals surface area contributed by atoms with Gasteiger partial charge in [0.15, 0.2) is 0 Å². The first-order valence-electron chi connectivity index (χ1n) is 26.7. The molecule has 1 aliphatic rings. The number of benzene rings is 7. The Morgan fingerprint density at radius 2 is 1.40 bits per heavy atom. The third-order valence-corrected chi connectivity index (χ3v) is 19.2. The van der Waals surface area contributed by atoms with Gasteiger partial charge in [-0.3, -0.25) is 4.98 Å². The zero-order chi connectivity index (χ0) is 51.1. The van der Waals surface area contributed by atoms with E-state index in [2.05, 4.69) is 226 Å². The molecule has 11 aromatic rings. The second kappa shape index (κ2) is 21.7. The molecular weight excluding hydrogens is 1150 g/mol. The van der Waals surface area contributed by atoms with Crippen molar-refractivity contribution >= 4 is 61.5 Å². The van der Waals surface area contributed by atoms with Gasteiger partial charge in [-0.05, 0) is 65.1 Å². The number of imidazole rings is 1. The van der Waals surface area contributed by atoms with Gasteiger partial charge in [0.2, 0.25) is 5.71 Å². The number of pyridine rings is 2. The van der Waals surface area contributed by atoms with E-state index < -0.39 is 13.3 Å². The number of furan rings is 1. The zero-order valence-electron chi connectivity index (χ0n) is 44.6. The molecule has 0 N–H and O–H groups in total. The summed E-state index contributed by atoms with van der Waals surface area (Å²) < 4.78 is 10.6. The summed E-state index contributed by atoms with van der Waals surface area (Å²) in [7, 11) is 0. The Morgan fingerprint density at radius 1 is 0.680 bits per heavy atom. The molecule has 4 heterocycles. The predicted molar refractivity (Wildman–Crippen MR) is 313 cm³/mol. The van der Waals surface area contributed by atoms with Crippen LogP contribution in [0.15, 0.2) is 174 Å². The van der Waals surface area contributed by atoms with Gasteiger partial charge >= 0.3 is 161 Å². The Hall–Kier alpha value is -6.44. The molecule has 0 bridgehead atoms. The summed E-state index contributed by atoms with van der Waals surface area (Å²) in [6.07, 6.45) is 9.54. The molecule has 7 aromatic carbocycles. The Balaban J connectivity index is 0.000000202. The molecule has 12 rings (SSSR count). The molecule has 0 unspecified atom stereocenters. The van der Waals surface area contributed by atoms with Crippen molar-refractivity contribution in [3.8, 4) is 50.6 Å². The topological polar surface area (TPSA) is 56.7 Å². The summed E-state index contributed by atoms with van der Waals surface area (Å²) in [6.45, 7) is 11.4. The molecular formula is C68H66GeIrN4O-2. The van der Waals surface area contributed by atoms with E-state index in [4.69, 9.17) is 19.4 Å². The van der Waals surface area contributed by atoms with E-state index in [0.29, 0.717) is 17.5 Å². The number of hydrogen-bond acceptors (Lipinski definition) is 4. The van der Waals surface area contributed by atoms with Gasteiger partial charge in [0, 0.05) is 53.7 Å². The maximum Gasteiger partial charge on any atom is 0 e. The molecule has 0 amide bonds. The van der Waals surface area contributed by atoms with Gasteiger partial charge in [-0.1, -0.05) is 118 Å². The molecule has 5 nitrogen and oxygen atoms in total. The molecule has 4 aromatic heterocycles. The fourth-order valence-electron chi connectivity index (χ4n) is 11.1. The molecule has 1 saturated carbocycles. The van der Waals surface area contributed by atoms with Crippen LogP contribution in [-0.2, 0) is 31.9 Å². The van der Waals surface area contributed by atoms with E-state index in [1.165, 1.54) is 64.1 Å². The monoisotopic (exact) mass is 1220 g/mol. The summed E-state index contributed by atoms with van der Waals surface area (Å²) >= 11 is -1.93. The molecule has 75 heavy (non-hydrogen) atoms. The van der Waals surface area contributed by atoms with Crippen molar-refractivity contribution in [3.05, 3.63) is 199 Å². The van der Waals surface area contributed by atoms with Crippen LogP contribution in [0.25, 0.3) is 94.5 Å². The van der Waals surface area contributed by atoms with Crippen LogP contribution < -0.4 is 4.40 Å². The number of hydrogen-bond donors (Lipinski definition) is 0. The average molecular weight is 1220 g/mol. The third-order valence-electron chi connectivity index (χ3n) is 14.9. The van der Waals surface area contributed by atoms with E-state index >= 15 is 0 Å². The first-order valence-corrected chi connectivity index (χ1v) is 34.0. The first kappa shape index (κ1) is 52.0. The second-order valence-corrected chi connectivity index (χ2v) is 33.4. The number of aromatic nitrogens is 4. The van der Waals surface area contributed by atoms with Crippen molar-refractivity contribution in [1.82, 2.24) is 19.5 Å². The summed E-state index contributed by atoms with van der Waals surface area (Å²) in [6, 6.07) is 65.1. The third kappa shape index (κ3) is 10.7. The summed E-state index contributed by atoms with van der Waals surface area (Å²) in [4.78, 5) is 15.3. The smallest absolute Gasteiger partial charge is 0 e. The van der Waals surface area contributed by atoms with Crippen molar-refractivity contribution < 1.29 is 24.5 Å². The van der Waals surface area contributed by atoms with Crippen LogP contribution in [0.4, 0.5) is 0 Å². The number of fused-ring (bicyclic) bond motifs is 6. The van der Waals surface area contributed by atoms with Crippen LogP contribution in [0.3, 0.4) is 0 Å². The molecule has 0 spiro atoms. The minimum Gasteiger partial charge on any atom is 0 e. The van der Waals surface area contributed by atoms with Gasteiger partial charge < -0.3 is 8.98 Å². The molecule has 0 atom stereocenters. The summed E-state index contributed by atoms with van der Waals surface area (Å²) in [5.41, 5.74) is 16.2. The fourth-order valence-corrected chi connectivity index (χ4v) is 14.4. The van der Waals surface area contributed by atoms with Crippen molar-refractivity contribution in [3.63, 3.8) is 0 Å². The maximum atomic E-state index is 6.73. The Bertz CT molecular complexity index is 3800. The van der Waals surface area contributed by atoms with Crippen LogP contribution >= 0.6 is 0 Å².